The number of halogens is 2. The summed E-state index contributed by atoms with van der Waals surface area (Å²) in [5, 5.41) is 15.6. The maximum Gasteiger partial charge on any atom is 0.356 e. The maximum atomic E-state index is 12.9. The molecule has 1 aromatic heterocycles. The van der Waals surface area contributed by atoms with Crippen LogP contribution in [0.5, 0.6) is 0 Å². The Bertz CT molecular complexity index is 553. The van der Waals surface area contributed by atoms with Gasteiger partial charge in [-0.15, -0.1) is 5.10 Å². The van der Waals surface area contributed by atoms with Crippen LogP contribution in [-0.2, 0) is 0 Å². The van der Waals surface area contributed by atoms with Gasteiger partial charge in [-0.1, -0.05) is 5.21 Å². The SMILES string of the molecule is O=C(O)c1cnnn1-c1ccc(F)c(F)c1. The highest BCUT2D eigenvalue weighted by atomic mass is 19.2. The Morgan fingerprint density at radius 3 is 2.69 bits per heavy atom. The molecule has 0 fully saturated rings. The largest absolute Gasteiger partial charge is 0.476 e. The molecule has 2 aromatic rings. The summed E-state index contributed by atoms with van der Waals surface area (Å²) < 4.78 is 26.5. The Hall–Kier alpha value is -2.31. The number of hydrogen-bond acceptors (Lipinski definition) is 3. The maximum absolute atomic E-state index is 12.9. The quantitative estimate of drug-likeness (QED) is 0.834. The highest BCUT2D eigenvalue weighted by Gasteiger charge is 2.14. The Morgan fingerprint density at radius 1 is 1.31 bits per heavy atom. The van der Waals surface area contributed by atoms with Crippen molar-refractivity contribution in [2.45, 2.75) is 0 Å². The van der Waals surface area contributed by atoms with Crippen molar-refractivity contribution in [1.82, 2.24) is 15.0 Å². The van der Waals surface area contributed by atoms with E-state index in [1.165, 1.54) is 6.07 Å². The summed E-state index contributed by atoms with van der Waals surface area (Å²) in [6, 6.07) is 2.94. The van der Waals surface area contributed by atoms with Crippen LogP contribution < -0.4 is 0 Å². The molecule has 1 N–H and O–H groups in total. The molecule has 0 aliphatic rings. The van der Waals surface area contributed by atoms with Crippen molar-refractivity contribution in [3.63, 3.8) is 0 Å². The van der Waals surface area contributed by atoms with Crippen molar-refractivity contribution in [2.24, 2.45) is 0 Å². The molecule has 0 radical (unpaired) electrons. The normalized spacial score (nSPS) is 10.4. The van der Waals surface area contributed by atoms with Crippen LogP contribution in [0.3, 0.4) is 0 Å². The summed E-state index contributed by atoms with van der Waals surface area (Å²) in [5.41, 5.74) is -0.139. The van der Waals surface area contributed by atoms with Gasteiger partial charge in [-0.25, -0.2) is 18.3 Å². The fourth-order valence-electron chi connectivity index (χ4n) is 1.19. The third-order valence-electron chi connectivity index (χ3n) is 1.92. The topological polar surface area (TPSA) is 68.0 Å². The minimum atomic E-state index is -1.25. The van der Waals surface area contributed by atoms with E-state index in [0.717, 1.165) is 23.0 Å². The number of hydrogen-bond donors (Lipinski definition) is 1. The first-order chi connectivity index (χ1) is 7.59. The molecule has 0 saturated carbocycles. The van der Waals surface area contributed by atoms with Gasteiger partial charge in [-0.2, -0.15) is 0 Å². The monoisotopic (exact) mass is 225 g/mol. The molecular formula is C9H5F2N3O2. The summed E-state index contributed by atoms with van der Waals surface area (Å²) in [6.45, 7) is 0. The second-order valence-electron chi connectivity index (χ2n) is 2.93. The molecule has 0 spiro atoms. The first kappa shape index (κ1) is 10.2. The summed E-state index contributed by atoms with van der Waals surface area (Å²) in [7, 11) is 0. The summed E-state index contributed by atoms with van der Waals surface area (Å²) in [5.74, 6) is -3.35. The van der Waals surface area contributed by atoms with Crippen LogP contribution >= 0.6 is 0 Å². The molecular weight excluding hydrogens is 220 g/mol. The van der Waals surface area contributed by atoms with Gasteiger partial charge in [-0.05, 0) is 12.1 Å². The zero-order chi connectivity index (χ0) is 11.7. The van der Waals surface area contributed by atoms with E-state index in [0.29, 0.717) is 0 Å². The van der Waals surface area contributed by atoms with Gasteiger partial charge in [0.25, 0.3) is 0 Å². The van der Waals surface area contributed by atoms with E-state index >= 15 is 0 Å². The Labute approximate surface area is 87.9 Å². The number of carbonyl (C=O) groups is 1. The summed E-state index contributed by atoms with van der Waals surface area (Å²) in [6.07, 6.45) is 1.02. The third-order valence-corrected chi connectivity index (χ3v) is 1.92. The first-order valence-electron chi connectivity index (χ1n) is 4.19. The molecule has 7 heteroatoms. The molecule has 2 rings (SSSR count). The Balaban J connectivity index is 2.54. The van der Waals surface area contributed by atoms with E-state index in [4.69, 9.17) is 5.11 Å². The first-order valence-corrected chi connectivity index (χ1v) is 4.19. The number of aromatic carboxylic acids is 1. The van der Waals surface area contributed by atoms with E-state index in [-0.39, 0.29) is 11.4 Å². The number of aromatic nitrogens is 3. The lowest BCUT2D eigenvalue weighted by atomic mass is 10.3. The van der Waals surface area contributed by atoms with Gasteiger partial charge in [0, 0.05) is 6.07 Å². The van der Waals surface area contributed by atoms with Crippen molar-refractivity contribution in [3.8, 4) is 5.69 Å². The van der Waals surface area contributed by atoms with Crippen molar-refractivity contribution in [3.05, 3.63) is 41.7 Å². The predicted octanol–water partition coefficient (Wildman–Crippen LogP) is 1.24. The lowest BCUT2D eigenvalue weighted by Gasteiger charge is -2.03. The number of benzene rings is 1. The lowest BCUT2D eigenvalue weighted by molar-refractivity contribution is 0.0687. The molecule has 16 heavy (non-hydrogen) atoms. The summed E-state index contributed by atoms with van der Waals surface area (Å²) >= 11 is 0. The zero-order valence-corrected chi connectivity index (χ0v) is 7.76. The molecule has 0 atom stereocenters. The molecule has 0 unspecified atom stereocenters. The summed E-state index contributed by atoms with van der Waals surface area (Å²) in [4.78, 5) is 10.7. The van der Waals surface area contributed by atoms with Crippen LogP contribution in [0.25, 0.3) is 5.69 Å². The van der Waals surface area contributed by atoms with Crippen LogP contribution in [0.15, 0.2) is 24.4 Å². The number of rotatable bonds is 2. The highest BCUT2D eigenvalue weighted by Crippen LogP contribution is 2.13. The van der Waals surface area contributed by atoms with Crippen molar-refractivity contribution in [1.29, 1.82) is 0 Å². The number of carboxylic acid groups (broad SMARTS) is 1. The van der Waals surface area contributed by atoms with Gasteiger partial charge in [-0.3, -0.25) is 0 Å². The molecule has 1 aromatic carbocycles. The van der Waals surface area contributed by atoms with Crippen LogP contribution in [0.1, 0.15) is 10.5 Å². The highest BCUT2D eigenvalue weighted by molar-refractivity contribution is 5.85. The molecule has 82 valence electrons. The average Bonchev–Trinajstić information content (AvgIpc) is 2.71. The van der Waals surface area contributed by atoms with E-state index < -0.39 is 17.6 Å². The Kier molecular flexibility index (Phi) is 2.35. The van der Waals surface area contributed by atoms with Crippen molar-refractivity contribution < 1.29 is 18.7 Å². The molecule has 0 saturated heterocycles. The van der Waals surface area contributed by atoms with E-state index in [1.807, 2.05) is 0 Å². The van der Waals surface area contributed by atoms with E-state index in [9.17, 15) is 13.6 Å². The fourth-order valence-corrected chi connectivity index (χ4v) is 1.19. The second kappa shape index (κ2) is 3.69. The smallest absolute Gasteiger partial charge is 0.356 e. The van der Waals surface area contributed by atoms with Crippen LogP contribution in [-0.4, -0.2) is 26.1 Å². The number of carboxylic acids is 1. The molecule has 0 amide bonds. The molecule has 0 aliphatic carbocycles. The predicted molar refractivity (Wildman–Crippen MR) is 48.2 cm³/mol. The van der Waals surface area contributed by atoms with Gasteiger partial charge in [0.05, 0.1) is 11.9 Å². The number of nitrogens with zero attached hydrogens (tertiary/aromatic N) is 3. The minimum Gasteiger partial charge on any atom is -0.476 e. The molecule has 1 heterocycles. The van der Waals surface area contributed by atoms with Gasteiger partial charge in [0.2, 0.25) is 0 Å². The van der Waals surface area contributed by atoms with E-state index in [2.05, 4.69) is 10.3 Å². The fraction of sp³-hybridized carbons (Fsp3) is 0. The van der Waals surface area contributed by atoms with Crippen molar-refractivity contribution in [2.75, 3.05) is 0 Å². The minimum absolute atomic E-state index is 0.0915. The van der Waals surface area contributed by atoms with Gasteiger partial charge in [0.1, 0.15) is 0 Å². The zero-order valence-electron chi connectivity index (χ0n) is 7.76. The third kappa shape index (κ3) is 1.62. The van der Waals surface area contributed by atoms with Crippen molar-refractivity contribution >= 4 is 5.97 Å². The molecule has 0 aliphatic heterocycles. The van der Waals surface area contributed by atoms with E-state index in [1.54, 1.807) is 0 Å². The molecule has 5 nitrogen and oxygen atoms in total. The lowest BCUT2D eigenvalue weighted by Crippen LogP contribution is -2.08. The average molecular weight is 225 g/mol. The second-order valence-corrected chi connectivity index (χ2v) is 2.93. The standard InChI is InChI=1S/C9H5F2N3O2/c10-6-2-1-5(3-7(6)11)14-8(9(15)16)4-12-13-14/h1-4H,(H,15,16). The van der Waals surface area contributed by atoms with Gasteiger partial charge >= 0.3 is 5.97 Å². The van der Waals surface area contributed by atoms with Crippen LogP contribution in [0, 0.1) is 11.6 Å². The van der Waals surface area contributed by atoms with Gasteiger partial charge in [0.15, 0.2) is 17.3 Å². The molecule has 0 bridgehead atoms. The van der Waals surface area contributed by atoms with Gasteiger partial charge < -0.3 is 5.11 Å². The van der Waals surface area contributed by atoms with Crippen LogP contribution in [0.4, 0.5) is 8.78 Å². The van der Waals surface area contributed by atoms with Crippen LogP contribution in [0.2, 0.25) is 0 Å². The Morgan fingerprint density at radius 2 is 2.06 bits per heavy atom.